The molecule has 0 aromatic heterocycles. The Kier molecular flexibility index (Phi) is 4.87. The maximum absolute atomic E-state index is 9.92. The minimum absolute atomic E-state index is 0. The van der Waals surface area contributed by atoms with Crippen LogP contribution in [0.15, 0.2) is 12.1 Å². The summed E-state index contributed by atoms with van der Waals surface area (Å²) in [5.41, 5.74) is 1.62. The van der Waals surface area contributed by atoms with Gasteiger partial charge in [-0.2, -0.15) is 0 Å². The topological polar surface area (TPSA) is 41.5 Å². The van der Waals surface area contributed by atoms with Crippen LogP contribution in [0.4, 0.5) is 0 Å². The van der Waals surface area contributed by atoms with Crippen LogP contribution in [0.5, 0.6) is 5.75 Å². The Labute approximate surface area is 106 Å². The van der Waals surface area contributed by atoms with Crippen molar-refractivity contribution in [3.8, 4) is 5.75 Å². The van der Waals surface area contributed by atoms with Crippen molar-refractivity contribution in [3.05, 3.63) is 28.3 Å². The average Bonchev–Trinajstić information content (AvgIpc) is 2.24. The minimum atomic E-state index is 0. The number of halogens is 2. The molecule has 0 radical (unpaired) electrons. The molecule has 5 heteroatoms. The fourth-order valence-electron chi connectivity index (χ4n) is 1.79. The maximum atomic E-state index is 9.92. The van der Waals surface area contributed by atoms with Crippen molar-refractivity contribution in [1.29, 1.82) is 0 Å². The maximum Gasteiger partial charge on any atom is 0.123 e. The number of benzene rings is 1. The molecule has 0 spiro atoms. The van der Waals surface area contributed by atoms with E-state index < -0.39 is 0 Å². The first kappa shape index (κ1) is 13.6. The average molecular weight is 264 g/mol. The van der Waals surface area contributed by atoms with E-state index in [-0.39, 0.29) is 18.4 Å². The van der Waals surface area contributed by atoms with Crippen LogP contribution in [0.3, 0.4) is 0 Å². The van der Waals surface area contributed by atoms with Gasteiger partial charge in [-0.05, 0) is 24.6 Å². The van der Waals surface area contributed by atoms with Crippen molar-refractivity contribution in [2.75, 3.05) is 19.8 Å². The molecule has 2 rings (SSSR count). The summed E-state index contributed by atoms with van der Waals surface area (Å²) in [6, 6.07) is 3.58. The molecule has 1 aromatic rings. The Morgan fingerprint density at radius 3 is 2.88 bits per heavy atom. The number of ether oxygens (including phenoxy) is 1. The molecular formula is C11H15Cl2NO2. The van der Waals surface area contributed by atoms with Crippen LogP contribution in [0.2, 0.25) is 5.02 Å². The zero-order valence-electron chi connectivity index (χ0n) is 9.00. The van der Waals surface area contributed by atoms with Crippen molar-refractivity contribution >= 4 is 24.0 Å². The number of phenols is 1. The number of morpholine rings is 1. The summed E-state index contributed by atoms with van der Waals surface area (Å²) in [6.07, 6.45) is 0. The summed E-state index contributed by atoms with van der Waals surface area (Å²) < 4.78 is 5.35. The van der Waals surface area contributed by atoms with E-state index in [9.17, 15) is 5.11 Å². The number of nitrogens with one attached hydrogen (secondary N) is 1. The molecular weight excluding hydrogens is 249 g/mol. The Morgan fingerprint density at radius 1 is 1.50 bits per heavy atom. The van der Waals surface area contributed by atoms with Crippen molar-refractivity contribution in [3.63, 3.8) is 0 Å². The lowest BCUT2D eigenvalue weighted by molar-refractivity contribution is 0.0761. The molecule has 0 amide bonds. The highest BCUT2D eigenvalue weighted by molar-refractivity contribution is 6.30. The van der Waals surface area contributed by atoms with Gasteiger partial charge in [-0.3, -0.25) is 0 Å². The SMILES string of the molecule is Cc1cc(Cl)cc([C@H]2COCCN2)c1O.Cl. The summed E-state index contributed by atoms with van der Waals surface area (Å²) in [7, 11) is 0. The molecule has 3 nitrogen and oxygen atoms in total. The van der Waals surface area contributed by atoms with E-state index in [2.05, 4.69) is 5.32 Å². The van der Waals surface area contributed by atoms with E-state index in [4.69, 9.17) is 16.3 Å². The van der Waals surface area contributed by atoms with Gasteiger partial charge in [0.1, 0.15) is 5.75 Å². The fourth-order valence-corrected chi connectivity index (χ4v) is 2.07. The van der Waals surface area contributed by atoms with Crippen molar-refractivity contribution in [2.45, 2.75) is 13.0 Å². The van der Waals surface area contributed by atoms with Gasteiger partial charge in [0, 0.05) is 17.1 Å². The number of hydrogen-bond donors (Lipinski definition) is 2. The highest BCUT2D eigenvalue weighted by Crippen LogP contribution is 2.31. The third-order valence-corrected chi connectivity index (χ3v) is 2.81. The van der Waals surface area contributed by atoms with Crippen LogP contribution in [0.1, 0.15) is 17.2 Å². The molecule has 1 saturated heterocycles. The van der Waals surface area contributed by atoms with Gasteiger partial charge in [-0.1, -0.05) is 11.6 Å². The van der Waals surface area contributed by atoms with Gasteiger partial charge in [0.25, 0.3) is 0 Å². The quantitative estimate of drug-likeness (QED) is 0.818. The standard InChI is InChI=1S/C11H14ClNO2.ClH/c1-7-4-8(12)5-9(11(7)14)10-6-15-3-2-13-10;/h4-5,10,13-14H,2-3,6H2,1H3;1H/t10-;/m1./s1. The molecule has 1 aliphatic rings. The van der Waals surface area contributed by atoms with Gasteiger partial charge >= 0.3 is 0 Å². The summed E-state index contributed by atoms with van der Waals surface area (Å²) in [5, 5.41) is 13.9. The van der Waals surface area contributed by atoms with E-state index in [0.29, 0.717) is 17.4 Å². The molecule has 2 N–H and O–H groups in total. The Hall–Kier alpha value is -0.480. The third kappa shape index (κ3) is 2.80. The summed E-state index contributed by atoms with van der Waals surface area (Å²) >= 11 is 5.96. The normalized spacial score (nSPS) is 20.2. The lowest BCUT2D eigenvalue weighted by Gasteiger charge is -2.25. The van der Waals surface area contributed by atoms with E-state index in [1.54, 1.807) is 12.1 Å². The highest BCUT2D eigenvalue weighted by Gasteiger charge is 2.19. The molecule has 1 aromatic carbocycles. The van der Waals surface area contributed by atoms with Crippen LogP contribution in [-0.2, 0) is 4.74 Å². The zero-order chi connectivity index (χ0) is 10.8. The Bertz CT molecular complexity index is 365. The molecule has 1 aliphatic heterocycles. The Morgan fingerprint density at radius 2 is 2.25 bits per heavy atom. The van der Waals surface area contributed by atoms with Gasteiger partial charge in [0.05, 0.1) is 19.3 Å². The van der Waals surface area contributed by atoms with Gasteiger partial charge in [-0.25, -0.2) is 0 Å². The molecule has 1 fully saturated rings. The van der Waals surface area contributed by atoms with E-state index in [1.165, 1.54) is 0 Å². The highest BCUT2D eigenvalue weighted by atomic mass is 35.5. The second-order valence-corrected chi connectivity index (χ2v) is 4.18. The summed E-state index contributed by atoms with van der Waals surface area (Å²) in [5.74, 6) is 0.308. The first-order valence-corrected chi connectivity index (χ1v) is 5.36. The second-order valence-electron chi connectivity index (χ2n) is 3.74. The molecule has 0 aliphatic carbocycles. The molecule has 16 heavy (non-hydrogen) atoms. The zero-order valence-corrected chi connectivity index (χ0v) is 10.6. The largest absolute Gasteiger partial charge is 0.507 e. The fraction of sp³-hybridized carbons (Fsp3) is 0.455. The predicted octanol–water partition coefficient (Wildman–Crippen LogP) is 2.44. The molecule has 0 bridgehead atoms. The van der Waals surface area contributed by atoms with Crippen LogP contribution in [0.25, 0.3) is 0 Å². The van der Waals surface area contributed by atoms with Crippen LogP contribution in [-0.4, -0.2) is 24.9 Å². The second kappa shape index (κ2) is 5.73. The smallest absolute Gasteiger partial charge is 0.123 e. The van der Waals surface area contributed by atoms with Crippen molar-refractivity contribution in [1.82, 2.24) is 5.32 Å². The monoisotopic (exact) mass is 263 g/mol. The van der Waals surface area contributed by atoms with Crippen LogP contribution < -0.4 is 5.32 Å². The molecule has 1 heterocycles. The first-order chi connectivity index (χ1) is 7.18. The molecule has 0 saturated carbocycles. The molecule has 1 atom stereocenters. The number of hydrogen-bond acceptors (Lipinski definition) is 3. The third-order valence-electron chi connectivity index (χ3n) is 2.59. The van der Waals surface area contributed by atoms with Crippen molar-refractivity contribution in [2.24, 2.45) is 0 Å². The summed E-state index contributed by atoms with van der Waals surface area (Å²) in [4.78, 5) is 0. The van der Waals surface area contributed by atoms with Gasteiger partial charge < -0.3 is 15.2 Å². The Balaban J connectivity index is 0.00000128. The van der Waals surface area contributed by atoms with Crippen LogP contribution in [0, 0.1) is 6.92 Å². The van der Waals surface area contributed by atoms with Gasteiger partial charge in [0.2, 0.25) is 0 Å². The van der Waals surface area contributed by atoms with Crippen LogP contribution >= 0.6 is 24.0 Å². The summed E-state index contributed by atoms with van der Waals surface area (Å²) in [6.45, 7) is 3.94. The minimum Gasteiger partial charge on any atom is -0.507 e. The molecule has 0 unspecified atom stereocenters. The number of aromatic hydroxyl groups is 1. The first-order valence-electron chi connectivity index (χ1n) is 4.98. The molecule has 90 valence electrons. The number of rotatable bonds is 1. The number of phenolic OH excluding ortho intramolecular Hbond substituents is 1. The predicted molar refractivity (Wildman–Crippen MR) is 66.7 cm³/mol. The lowest BCUT2D eigenvalue weighted by atomic mass is 10.0. The van der Waals surface area contributed by atoms with Crippen molar-refractivity contribution < 1.29 is 9.84 Å². The van der Waals surface area contributed by atoms with E-state index in [0.717, 1.165) is 24.3 Å². The van der Waals surface area contributed by atoms with E-state index >= 15 is 0 Å². The van der Waals surface area contributed by atoms with Gasteiger partial charge in [-0.15, -0.1) is 12.4 Å². The van der Waals surface area contributed by atoms with E-state index in [1.807, 2.05) is 6.92 Å². The van der Waals surface area contributed by atoms with Gasteiger partial charge in [0.15, 0.2) is 0 Å². The number of aryl methyl sites for hydroxylation is 1. The lowest BCUT2D eigenvalue weighted by Crippen LogP contribution is -2.34.